The van der Waals surface area contributed by atoms with E-state index in [4.69, 9.17) is 21.1 Å². The van der Waals surface area contributed by atoms with Gasteiger partial charge in [0, 0.05) is 18.0 Å². The lowest BCUT2D eigenvalue weighted by atomic mass is 10.1. The number of nitrogens with zero attached hydrogens (tertiary/aromatic N) is 3. The number of anilines is 1. The summed E-state index contributed by atoms with van der Waals surface area (Å²) in [6.45, 7) is 0.255. The molecule has 0 bridgehead atoms. The Bertz CT molecular complexity index is 1280. The standard InChI is InChI=1S/C23H18ClN3O4S/c1-30-18-10-9-17(24)20-19(18)26-23(32-20)27(13-14-4-3-11-25-12-14)21(28)15-5-7-16(8-6-15)22(29)31-2/h3-12H,13H2,1-2H3. The number of hydrogen-bond donors (Lipinski definition) is 0. The third kappa shape index (κ3) is 4.28. The Hall–Kier alpha value is -3.49. The van der Waals surface area contributed by atoms with Crippen LogP contribution < -0.4 is 9.64 Å². The highest BCUT2D eigenvalue weighted by Crippen LogP contribution is 2.39. The van der Waals surface area contributed by atoms with E-state index in [2.05, 4.69) is 9.97 Å². The Labute approximate surface area is 193 Å². The van der Waals surface area contributed by atoms with Crippen LogP contribution in [0.2, 0.25) is 5.02 Å². The van der Waals surface area contributed by atoms with Gasteiger partial charge >= 0.3 is 5.97 Å². The summed E-state index contributed by atoms with van der Waals surface area (Å²) in [5.41, 5.74) is 2.19. The molecule has 0 aliphatic heterocycles. The Morgan fingerprint density at radius 1 is 1.06 bits per heavy atom. The number of esters is 1. The largest absolute Gasteiger partial charge is 0.494 e. The summed E-state index contributed by atoms with van der Waals surface area (Å²) in [7, 11) is 2.87. The molecule has 0 saturated carbocycles. The highest BCUT2D eigenvalue weighted by molar-refractivity contribution is 7.23. The molecule has 0 atom stereocenters. The average molecular weight is 468 g/mol. The fourth-order valence-corrected chi connectivity index (χ4v) is 4.40. The minimum Gasteiger partial charge on any atom is -0.494 e. The number of aromatic nitrogens is 2. The zero-order valence-corrected chi connectivity index (χ0v) is 18.8. The van der Waals surface area contributed by atoms with Crippen molar-refractivity contribution in [2.45, 2.75) is 6.54 Å². The number of thiazole rings is 1. The fourth-order valence-electron chi connectivity index (χ4n) is 3.14. The van der Waals surface area contributed by atoms with Crippen LogP contribution in [0.3, 0.4) is 0 Å². The topological polar surface area (TPSA) is 81.6 Å². The van der Waals surface area contributed by atoms with Crippen molar-refractivity contribution in [3.05, 3.63) is 82.6 Å². The predicted octanol–water partition coefficient (Wildman–Crippen LogP) is 4.99. The van der Waals surface area contributed by atoms with E-state index in [1.807, 2.05) is 6.07 Å². The third-order valence-electron chi connectivity index (χ3n) is 4.76. The number of carbonyl (C=O) groups excluding carboxylic acids is 2. The van der Waals surface area contributed by atoms with Crippen LogP contribution in [0.25, 0.3) is 10.2 Å². The monoisotopic (exact) mass is 467 g/mol. The van der Waals surface area contributed by atoms with E-state index in [-0.39, 0.29) is 12.5 Å². The molecule has 0 fully saturated rings. The van der Waals surface area contributed by atoms with Crippen molar-refractivity contribution in [1.29, 1.82) is 0 Å². The molecular weight excluding hydrogens is 450 g/mol. The summed E-state index contributed by atoms with van der Waals surface area (Å²) in [5.74, 6) is -0.174. The molecule has 0 saturated heterocycles. The summed E-state index contributed by atoms with van der Waals surface area (Å²) in [4.78, 5) is 35.6. The molecule has 4 rings (SSSR count). The van der Waals surface area contributed by atoms with Crippen molar-refractivity contribution < 1.29 is 19.1 Å². The fraction of sp³-hybridized carbons (Fsp3) is 0.130. The zero-order chi connectivity index (χ0) is 22.7. The summed E-state index contributed by atoms with van der Waals surface area (Å²) in [5, 5.41) is 0.998. The first-order chi connectivity index (χ1) is 15.5. The van der Waals surface area contributed by atoms with Gasteiger partial charge in [-0.3, -0.25) is 14.7 Å². The lowest BCUT2D eigenvalue weighted by molar-refractivity contribution is 0.0600. The average Bonchev–Trinajstić information content (AvgIpc) is 3.29. The van der Waals surface area contributed by atoms with Crippen LogP contribution in [0.4, 0.5) is 5.13 Å². The van der Waals surface area contributed by atoms with Crippen molar-refractivity contribution in [2.24, 2.45) is 0 Å². The van der Waals surface area contributed by atoms with Gasteiger partial charge in [-0.15, -0.1) is 0 Å². The van der Waals surface area contributed by atoms with Gasteiger partial charge in [0.1, 0.15) is 11.3 Å². The summed E-state index contributed by atoms with van der Waals surface area (Å²) < 4.78 is 10.9. The van der Waals surface area contributed by atoms with Crippen LogP contribution in [0.1, 0.15) is 26.3 Å². The molecule has 0 radical (unpaired) electrons. The van der Waals surface area contributed by atoms with Crippen molar-refractivity contribution in [3.63, 3.8) is 0 Å². The number of pyridine rings is 1. The number of hydrogen-bond acceptors (Lipinski definition) is 7. The van der Waals surface area contributed by atoms with E-state index >= 15 is 0 Å². The van der Waals surface area contributed by atoms with Crippen LogP contribution in [0.15, 0.2) is 60.9 Å². The van der Waals surface area contributed by atoms with Crippen molar-refractivity contribution in [1.82, 2.24) is 9.97 Å². The molecular formula is C23H18ClN3O4S. The quantitative estimate of drug-likeness (QED) is 0.372. The molecule has 0 unspecified atom stereocenters. The maximum atomic E-state index is 13.5. The molecule has 2 aromatic carbocycles. The van der Waals surface area contributed by atoms with E-state index in [0.29, 0.717) is 32.5 Å². The van der Waals surface area contributed by atoms with Gasteiger partial charge in [0.25, 0.3) is 5.91 Å². The van der Waals surface area contributed by atoms with Gasteiger partial charge in [-0.25, -0.2) is 9.78 Å². The maximum absolute atomic E-state index is 13.5. The molecule has 2 aromatic heterocycles. The van der Waals surface area contributed by atoms with Gasteiger partial charge < -0.3 is 9.47 Å². The highest BCUT2D eigenvalue weighted by Gasteiger charge is 2.24. The molecule has 0 spiro atoms. The molecule has 9 heteroatoms. The molecule has 4 aromatic rings. The number of carbonyl (C=O) groups is 2. The first-order valence-electron chi connectivity index (χ1n) is 9.54. The van der Waals surface area contributed by atoms with Gasteiger partial charge in [-0.1, -0.05) is 29.0 Å². The molecule has 1 amide bonds. The van der Waals surface area contributed by atoms with E-state index in [0.717, 1.165) is 10.3 Å². The smallest absolute Gasteiger partial charge is 0.337 e. The van der Waals surface area contributed by atoms with E-state index in [9.17, 15) is 9.59 Å². The molecule has 162 valence electrons. The molecule has 0 aliphatic carbocycles. The number of benzene rings is 2. The van der Waals surface area contributed by atoms with Crippen molar-refractivity contribution >= 4 is 50.2 Å². The first-order valence-corrected chi connectivity index (χ1v) is 10.7. The number of halogens is 1. The Kier molecular flexibility index (Phi) is 6.34. The normalized spacial score (nSPS) is 10.7. The second-order valence-corrected chi connectivity index (χ2v) is 8.13. The Morgan fingerprint density at radius 2 is 1.81 bits per heavy atom. The van der Waals surface area contributed by atoms with Crippen molar-refractivity contribution in [3.8, 4) is 5.75 Å². The summed E-state index contributed by atoms with van der Waals surface area (Å²) in [6.07, 6.45) is 3.37. The second-order valence-electron chi connectivity index (χ2n) is 6.75. The Balaban J connectivity index is 1.77. The number of ether oxygens (including phenoxy) is 2. The van der Waals surface area contributed by atoms with Crippen LogP contribution in [-0.2, 0) is 11.3 Å². The van der Waals surface area contributed by atoms with E-state index in [1.165, 1.54) is 18.4 Å². The number of rotatable bonds is 6. The Morgan fingerprint density at radius 3 is 2.47 bits per heavy atom. The number of amides is 1. The van der Waals surface area contributed by atoms with Gasteiger partial charge in [-0.05, 0) is 48.0 Å². The minimum atomic E-state index is -0.468. The zero-order valence-electron chi connectivity index (χ0n) is 17.2. The van der Waals surface area contributed by atoms with Gasteiger partial charge in [0.05, 0.1) is 36.1 Å². The lowest BCUT2D eigenvalue weighted by Crippen LogP contribution is -2.30. The van der Waals surface area contributed by atoms with Gasteiger partial charge in [-0.2, -0.15) is 0 Å². The highest BCUT2D eigenvalue weighted by atomic mass is 35.5. The van der Waals surface area contributed by atoms with Crippen LogP contribution >= 0.6 is 22.9 Å². The van der Waals surface area contributed by atoms with Crippen LogP contribution in [-0.4, -0.2) is 36.1 Å². The molecule has 2 heterocycles. The third-order valence-corrected chi connectivity index (χ3v) is 6.30. The maximum Gasteiger partial charge on any atom is 0.337 e. The SMILES string of the molecule is COC(=O)c1ccc(C(=O)N(Cc2cccnc2)c2nc3c(OC)ccc(Cl)c3s2)cc1. The number of fused-ring (bicyclic) bond motifs is 1. The lowest BCUT2D eigenvalue weighted by Gasteiger charge is -2.20. The van der Waals surface area contributed by atoms with Gasteiger partial charge in [0.2, 0.25) is 0 Å². The molecule has 0 N–H and O–H groups in total. The minimum absolute atomic E-state index is 0.255. The summed E-state index contributed by atoms with van der Waals surface area (Å²) in [6, 6.07) is 13.5. The van der Waals surface area contributed by atoms with E-state index in [1.54, 1.807) is 66.9 Å². The predicted molar refractivity (Wildman–Crippen MR) is 124 cm³/mol. The summed E-state index contributed by atoms with van der Waals surface area (Å²) >= 11 is 7.68. The van der Waals surface area contributed by atoms with Crippen LogP contribution in [0, 0.1) is 0 Å². The van der Waals surface area contributed by atoms with E-state index < -0.39 is 5.97 Å². The first kappa shape index (κ1) is 21.7. The molecule has 0 aliphatic rings. The number of methoxy groups -OCH3 is 2. The van der Waals surface area contributed by atoms with Crippen molar-refractivity contribution in [2.75, 3.05) is 19.1 Å². The van der Waals surface area contributed by atoms with Gasteiger partial charge in [0.15, 0.2) is 5.13 Å². The molecule has 7 nitrogen and oxygen atoms in total. The van der Waals surface area contributed by atoms with Crippen LogP contribution in [0.5, 0.6) is 5.75 Å². The second kappa shape index (κ2) is 9.33. The molecule has 32 heavy (non-hydrogen) atoms.